The molecule has 0 aliphatic carbocycles. The lowest BCUT2D eigenvalue weighted by molar-refractivity contribution is 0.0951. The number of benzene rings is 2. The maximum atomic E-state index is 12.3. The third kappa shape index (κ3) is 3.64. The van der Waals surface area contributed by atoms with Crippen LogP contribution >= 0.6 is 0 Å². The van der Waals surface area contributed by atoms with E-state index in [-0.39, 0.29) is 5.75 Å². The van der Waals surface area contributed by atoms with Gasteiger partial charge in [0.15, 0.2) is 23.0 Å². The van der Waals surface area contributed by atoms with Gasteiger partial charge in [-0.2, -0.15) is 5.10 Å². The molecule has 0 bridgehead atoms. The molecule has 1 amide bonds. The largest absolute Gasteiger partial charge is 0.504 e. The monoisotopic (exact) mass is 369 g/mol. The summed E-state index contributed by atoms with van der Waals surface area (Å²) in [5, 5.41) is 14.4. The van der Waals surface area contributed by atoms with Gasteiger partial charge in [-0.25, -0.2) is 5.43 Å². The van der Waals surface area contributed by atoms with Crippen LogP contribution in [0.25, 0.3) is 10.9 Å². The SMILES string of the molecule is COc1ccc(/C=N\NC(=O)c2cc3c(OC)c(OC)ccc3[nH]2)cc1O. The van der Waals surface area contributed by atoms with Gasteiger partial charge in [0.1, 0.15) is 5.69 Å². The topological polar surface area (TPSA) is 105 Å². The number of aromatic amines is 1. The number of nitrogens with zero attached hydrogens (tertiary/aromatic N) is 1. The van der Waals surface area contributed by atoms with Crippen LogP contribution in [-0.2, 0) is 0 Å². The summed E-state index contributed by atoms with van der Waals surface area (Å²) in [5.74, 6) is 1.06. The Labute approximate surface area is 155 Å². The number of rotatable bonds is 6. The zero-order chi connectivity index (χ0) is 19.4. The summed E-state index contributed by atoms with van der Waals surface area (Å²) in [6.45, 7) is 0. The van der Waals surface area contributed by atoms with Crippen LogP contribution in [0.5, 0.6) is 23.0 Å². The molecule has 3 rings (SSSR count). The first kappa shape index (κ1) is 18.1. The highest BCUT2D eigenvalue weighted by Gasteiger charge is 2.15. The lowest BCUT2D eigenvalue weighted by atomic mass is 10.2. The van der Waals surface area contributed by atoms with E-state index in [1.807, 2.05) is 0 Å². The van der Waals surface area contributed by atoms with Gasteiger partial charge in [-0.1, -0.05) is 0 Å². The van der Waals surface area contributed by atoms with Crippen molar-refractivity contribution in [2.75, 3.05) is 21.3 Å². The molecule has 0 atom stereocenters. The Morgan fingerprint density at radius 1 is 1.07 bits per heavy atom. The fourth-order valence-corrected chi connectivity index (χ4v) is 2.66. The molecule has 1 aromatic heterocycles. The predicted molar refractivity (Wildman–Crippen MR) is 101 cm³/mol. The molecule has 0 aliphatic heterocycles. The molecule has 0 aliphatic rings. The normalized spacial score (nSPS) is 10.9. The Kier molecular flexibility index (Phi) is 5.16. The Hall–Kier alpha value is -3.68. The highest BCUT2D eigenvalue weighted by atomic mass is 16.5. The number of phenolic OH excluding ortho intramolecular Hbond substituents is 1. The van der Waals surface area contributed by atoms with Gasteiger partial charge in [0.2, 0.25) is 0 Å². The number of hydrogen-bond donors (Lipinski definition) is 3. The fraction of sp³-hybridized carbons (Fsp3) is 0.158. The number of hydrazone groups is 1. The zero-order valence-electron chi connectivity index (χ0n) is 15.1. The first-order chi connectivity index (χ1) is 13.1. The van der Waals surface area contributed by atoms with Crippen molar-refractivity contribution in [1.29, 1.82) is 0 Å². The van der Waals surface area contributed by atoms with Gasteiger partial charge in [-0.15, -0.1) is 0 Å². The molecule has 1 heterocycles. The molecule has 0 fully saturated rings. The van der Waals surface area contributed by atoms with Crippen LogP contribution in [0.15, 0.2) is 41.5 Å². The highest BCUT2D eigenvalue weighted by molar-refractivity contribution is 6.00. The molecule has 8 heteroatoms. The van der Waals surface area contributed by atoms with Gasteiger partial charge in [-0.3, -0.25) is 4.79 Å². The van der Waals surface area contributed by atoms with Crippen LogP contribution in [0.1, 0.15) is 16.1 Å². The van der Waals surface area contributed by atoms with Crippen molar-refractivity contribution in [3.8, 4) is 23.0 Å². The average Bonchev–Trinajstić information content (AvgIpc) is 3.11. The van der Waals surface area contributed by atoms with Crippen molar-refractivity contribution in [3.05, 3.63) is 47.7 Å². The minimum absolute atomic E-state index is 0.00978. The average molecular weight is 369 g/mol. The van der Waals surface area contributed by atoms with Crippen molar-refractivity contribution < 1.29 is 24.1 Å². The second kappa shape index (κ2) is 7.69. The van der Waals surface area contributed by atoms with Gasteiger partial charge in [0.25, 0.3) is 5.91 Å². The molecule has 0 radical (unpaired) electrons. The molecule has 3 aromatic rings. The molecule has 27 heavy (non-hydrogen) atoms. The first-order valence-electron chi connectivity index (χ1n) is 8.01. The van der Waals surface area contributed by atoms with Crippen LogP contribution < -0.4 is 19.6 Å². The Bertz CT molecular complexity index is 1010. The van der Waals surface area contributed by atoms with Gasteiger partial charge in [0.05, 0.1) is 33.1 Å². The summed E-state index contributed by atoms with van der Waals surface area (Å²) in [6, 6.07) is 10.0. The van der Waals surface area contributed by atoms with E-state index >= 15 is 0 Å². The van der Waals surface area contributed by atoms with E-state index in [0.717, 1.165) is 10.9 Å². The summed E-state index contributed by atoms with van der Waals surface area (Å²) in [4.78, 5) is 15.3. The number of phenols is 1. The summed E-state index contributed by atoms with van der Waals surface area (Å²) in [6.07, 6.45) is 1.42. The molecule has 0 unspecified atom stereocenters. The van der Waals surface area contributed by atoms with Crippen molar-refractivity contribution >= 4 is 23.0 Å². The van der Waals surface area contributed by atoms with Crippen LogP contribution in [0.3, 0.4) is 0 Å². The number of methoxy groups -OCH3 is 3. The maximum Gasteiger partial charge on any atom is 0.287 e. The number of carbonyl (C=O) groups is 1. The number of nitrogens with one attached hydrogen (secondary N) is 2. The van der Waals surface area contributed by atoms with E-state index < -0.39 is 5.91 Å². The smallest absolute Gasteiger partial charge is 0.287 e. The third-order valence-corrected chi connectivity index (χ3v) is 3.97. The fourth-order valence-electron chi connectivity index (χ4n) is 2.66. The second-order valence-corrected chi connectivity index (χ2v) is 5.58. The molecular formula is C19H19N3O5. The van der Waals surface area contributed by atoms with E-state index in [9.17, 15) is 9.90 Å². The van der Waals surface area contributed by atoms with Crippen molar-refractivity contribution in [2.45, 2.75) is 0 Å². The number of hydrogen-bond acceptors (Lipinski definition) is 6. The van der Waals surface area contributed by atoms with Crippen LogP contribution in [-0.4, -0.2) is 43.5 Å². The molecule has 140 valence electrons. The number of aromatic nitrogens is 1. The number of fused-ring (bicyclic) bond motifs is 1. The predicted octanol–water partition coefficient (Wildman–Crippen LogP) is 2.66. The molecular weight excluding hydrogens is 350 g/mol. The van der Waals surface area contributed by atoms with Gasteiger partial charge in [-0.05, 0) is 42.0 Å². The van der Waals surface area contributed by atoms with E-state index in [1.165, 1.54) is 19.4 Å². The number of ether oxygens (including phenoxy) is 3. The molecule has 8 nitrogen and oxygen atoms in total. The lowest BCUT2D eigenvalue weighted by Crippen LogP contribution is -2.17. The third-order valence-electron chi connectivity index (χ3n) is 3.97. The molecule has 0 spiro atoms. The molecule has 2 aromatic carbocycles. The second-order valence-electron chi connectivity index (χ2n) is 5.58. The Balaban J connectivity index is 1.77. The highest BCUT2D eigenvalue weighted by Crippen LogP contribution is 2.35. The van der Waals surface area contributed by atoms with Crippen molar-refractivity contribution in [1.82, 2.24) is 10.4 Å². The zero-order valence-corrected chi connectivity index (χ0v) is 15.1. The Morgan fingerprint density at radius 3 is 2.48 bits per heavy atom. The summed E-state index contributed by atoms with van der Waals surface area (Å²) < 4.78 is 15.6. The van der Waals surface area contributed by atoms with Gasteiger partial charge in [0, 0.05) is 5.39 Å². The van der Waals surface area contributed by atoms with Gasteiger partial charge < -0.3 is 24.3 Å². The number of amides is 1. The summed E-state index contributed by atoms with van der Waals surface area (Å²) in [5.41, 5.74) is 4.11. The quantitative estimate of drug-likeness (QED) is 0.458. The minimum Gasteiger partial charge on any atom is -0.504 e. The van der Waals surface area contributed by atoms with E-state index in [2.05, 4.69) is 15.5 Å². The van der Waals surface area contributed by atoms with Crippen molar-refractivity contribution in [2.24, 2.45) is 5.10 Å². The molecule has 0 saturated carbocycles. The standard InChI is InChI=1S/C19H19N3O5/c1-25-16-6-4-11(8-15(16)23)10-20-22-19(24)14-9-12-13(21-14)5-7-17(26-2)18(12)27-3/h4-10,21,23H,1-3H3,(H,22,24)/b20-10-. The number of carbonyl (C=O) groups excluding carboxylic acids is 1. The van der Waals surface area contributed by atoms with Crippen molar-refractivity contribution in [3.63, 3.8) is 0 Å². The van der Waals surface area contributed by atoms with Gasteiger partial charge >= 0.3 is 0 Å². The molecule has 3 N–H and O–H groups in total. The number of aromatic hydroxyl groups is 1. The maximum absolute atomic E-state index is 12.3. The molecule has 0 saturated heterocycles. The Morgan fingerprint density at radius 2 is 1.81 bits per heavy atom. The lowest BCUT2D eigenvalue weighted by Gasteiger charge is -2.07. The summed E-state index contributed by atoms with van der Waals surface area (Å²) >= 11 is 0. The van der Waals surface area contributed by atoms with Crippen LogP contribution in [0, 0.1) is 0 Å². The summed E-state index contributed by atoms with van der Waals surface area (Å²) in [7, 11) is 4.56. The number of H-pyrrole nitrogens is 1. The van der Waals surface area contributed by atoms with E-state index in [4.69, 9.17) is 14.2 Å². The first-order valence-corrected chi connectivity index (χ1v) is 8.01. The minimum atomic E-state index is -0.416. The van der Waals surface area contributed by atoms with Crippen LogP contribution in [0.2, 0.25) is 0 Å². The van der Waals surface area contributed by atoms with E-state index in [1.54, 1.807) is 44.6 Å². The van der Waals surface area contributed by atoms with E-state index in [0.29, 0.717) is 28.5 Å². The van der Waals surface area contributed by atoms with Crippen LogP contribution in [0.4, 0.5) is 0 Å².